The van der Waals surface area contributed by atoms with Gasteiger partial charge in [-0.3, -0.25) is 14.5 Å². The molecule has 0 aromatic heterocycles. The van der Waals surface area contributed by atoms with Crippen molar-refractivity contribution in [3.8, 4) is 17.2 Å². The molecule has 7 nitrogen and oxygen atoms in total. The van der Waals surface area contributed by atoms with E-state index in [9.17, 15) is 14.7 Å². The molecular formula is C25H29NO6. The Bertz CT molecular complexity index is 1040. The maximum absolute atomic E-state index is 13.2. The number of nitrogens with zero attached hydrogens (tertiary/aromatic N) is 1. The highest BCUT2D eigenvalue weighted by Crippen LogP contribution is 2.44. The number of hydrogen-bond acceptors (Lipinski definition) is 6. The van der Waals surface area contributed by atoms with E-state index in [0.717, 1.165) is 0 Å². The van der Waals surface area contributed by atoms with Crippen LogP contribution in [0, 0.1) is 5.92 Å². The van der Waals surface area contributed by atoms with E-state index in [2.05, 4.69) is 0 Å². The molecule has 2 aromatic carbocycles. The van der Waals surface area contributed by atoms with Crippen LogP contribution in [0.15, 0.2) is 53.8 Å². The van der Waals surface area contributed by atoms with Crippen molar-refractivity contribution in [2.45, 2.75) is 33.2 Å². The van der Waals surface area contributed by atoms with Crippen molar-refractivity contribution in [2.75, 3.05) is 25.7 Å². The van der Waals surface area contributed by atoms with E-state index in [4.69, 9.17) is 14.2 Å². The fourth-order valence-corrected chi connectivity index (χ4v) is 3.87. The highest BCUT2D eigenvalue weighted by atomic mass is 16.5. The van der Waals surface area contributed by atoms with Gasteiger partial charge in [-0.1, -0.05) is 26.0 Å². The van der Waals surface area contributed by atoms with Gasteiger partial charge in [0.2, 0.25) is 0 Å². The first-order valence-corrected chi connectivity index (χ1v) is 10.6. The van der Waals surface area contributed by atoms with Gasteiger partial charge in [0, 0.05) is 18.2 Å². The van der Waals surface area contributed by atoms with Crippen molar-refractivity contribution in [1.29, 1.82) is 0 Å². The van der Waals surface area contributed by atoms with E-state index in [0.29, 0.717) is 35.1 Å². The van der Waals surface area contributed by atoms with Crippen LogP contribution in [-0.2, 0) is 9.59 Å². The van der Waals surface area contributed by atoms with Crippen LogP contribution < -0.4 is 19.1 Å². The summed E-state index contributed by atoms with van der Waals surface area (Å²) in [6.45, 7) is 6.18. The molecule has 0 spiro atoms. The van der Waals surface area contributed by atoms with E-state index in [1.165, 1.54) is 19.1 Å². The molecule has 1 unspecified atom stereocenters. The summed E-state index contributed by atoms with van der Waals surface area (Å²) in [5.41, 5.74) is 1.21. The van der Waals surface area contributed by atoms with Crippen molar-refractivity contribution in [2.24, 2.45) is 5.92 Å². The first-order chi connectivity index (χ1) is 15.3. The molecule has 0 fully saturated rings. The molecule has 1 aliphatic rings. The zero-order valence-corrected chi connectivity index (χ0v) is 19.0. The predicted molar refractivity (Wildman–Crippen MR) is 122 cm³/mol. The minimum Gasteiger partial charge on any atom is -0.503 e. The molecule has 0 saturated heterocycles. The molecule has 0 saturated carbocycles. The number of benzene rings is 2. The fourth-order valence-electron chi connectivity index (χ4n) is 3.87. The third-order valence-electron chi connectivity index (χ3n) is 5.23. The van der Waals surface area contributed by atoms with Gasteiger partial charge in [-0.25, -0.2) is 0 Å². The SMILES string of the molecule is CCOc1cccc(N2C(=O)C(O)=C(C(=O)CC(C)C)C2c2ccc(OC)c(OC)c2)c1. The van der Waals surface area contributed by atoms with Crippen molar-refractivity contribution in [3.05, 3.63) is 59.4 Å². The highest BCUT2D eigenvalue weighted by molar-refractivity contribution is 6.16. The Labute approximate surface area is 188 Å². The number of aliphatic hydroxyl groups is 1. The molecule has 1 amide bonds. The average Bonchev–Trinajstić information content (AvgIpc) is 3.04. The smallest absolute Gasteiger partial charge is 0.294 e. The number of aliphatic hydroxyl groups excluding tert-OH is 1. The fraction of sp³-hybridized carbons (Fsp3) is 0.360. The zero-order chi connectivity index (χ0) is 23.4. The number of rotatable bonds is 9. The van der Waals surface area contributed by atoms with Crippen molar-refractivity contribution in [1.82, 2.24) is 0 Å². The van der Waals surface area contributed by atoms with Crippen LogP contribution in [-0.4, -0.2) is 37.6 Å². The number of carbonyl (C=O) groups is 2. The van der Waals surface area contributed by atoms with Crippen LogP contribution in [0.25, 0.3) is 0 Å². The Morgan fingerprint density at radius 1 is 1.09 bits per heavy atom. The Morgan fingerprint density at radius 2 is 1.81 bits per heavy atom. The number of carbonyl (C=O) groups excluding carboxylic acids is 2. The number of Topliss-reactive ketones (excluding diaryl/α,β-unsaturated/α-hetero) is 1. The van der Waals surface area contributed by atoms with Gasteiger partial charge in [0.1, 0.15) is 5.75 Å². The van der Waals surface area contributed by atoms with Gasteiger partial charge < -0.3 is 19.3 Å². The summed E-state index contributed by atoms with van der Waals surface area (Å²) in [6, 6.07) is 11.4. The number of anilines is 1. The number of ketones is 1. The molecule has 1 N–H and O–H groups in total. The third kappa shape index (κ3) is 4.42. The molecule has 1 aliphatic heterocycles. The second-order valence-electron chi connectivity index (χ2n) is 7.91. The summed E-state index contributed by atoms with van der Waals surface area (Å²) in [5.74, 6) is 0.206. The molecule has 32 heavy (non-hydrogen) atoms. The lowest BCUT2D eigenvalue weighted by atomic mass is 9.91. The number of amides is 1. The van der Waals surface area contributed by atoms with Gasteiger partial charge in [-0.2, -0.15) is 0 Å². The quantitative estimate of drug-likeness (QED) is 0.614. The second-order valence-corrected chi connectivity index (χ2v) is 7.91. The first-order valence-electron chi connectivity index (χ1n) is 10.6. The van der Waals surface area contributed by atoms with Gasteiger partial charge in [0.05, 0.1) is 32.4 Å². The van der Waals surface area contributed by atoms with Crippen LogP contribution in [0.3, 0.4) is 0 Å². The Balaban J connectivity index is 2.17. The maximum Gasteiger partial charge on any atom is 0.294 e. The normalized spacial score (nSPS) is 16.0. The Hall–Kier alpha value is -3.48. The van der Waals surface area contributed by atoms with E-state index >= 15 is 0 Å². The van der Waals surface area contributed by atoms with Gasteiger partial charge in [0.15, 0.2) is 23.0 Å². The minimum atomic E-state index is -0.814. The van der Waals surface area contributed by atoms with Gasteiger partial charge in [0.25, 0.3) is 5.91 Å². The zero-order valence-electron chi connectivity index (χ0n) is 19.0. The molecule has 0 radical (unpaired) electrons. The minimum absolute atomic E-state index is 0.0688. The standard InChI is InChI=1S/C25H29NO6/c1-6-32-18-9-7-8-17(14-18)26-23(16-10-11-20(30-4)21(13-16)31-5)22(24(28)25(26)29)19(27)12-15(2)3/h7-11,13-15,23,28H,6,12H2,1-5H3. The third-order valence-corrected chi connectivity index (χ3v) is 5.23. The Morgan fingerprint density at radius 3 is 2.44 bits per heavy atom. The molecule has 1 atom stereocenters. The molecule has 3 rings (SSSR count). The lowest BCUT2D eigenvalue weighted by Gasteiger charge is -2.28. The number of hydrogen-bond donors (Lipinski definition) is 1. The van der Waals surface area contributed by atoms with Crippen molar-refractivity contribution < 1.29 is 28.9 Å². The second kappa shape index (κ2) is 9.77. The molecular weight excluding hydrogens is 410 g/mol. The van der Waals surface area contributed by atoms with Crippen LogP contribution in [0.2, 0.25) is 0 Å². The van der Waals surface area contributed by atoms with Crippen LogP contribution in [0.5, 0.6) is 17.2 Å². The molecule has 0 aliphatic carbocycles. The molecule has 0 bridgehead atoms. The molecule has 7 heteroatoms. The summed E-state index contributed by atoms with van der Waals surface area (Å²) in [4.78, 5) is 27.8. The summed E-state index contributed by atoms with van der Waals surface area (Å²) >= 11 is 0. The topological polar surface area (TPSA) is 85.3 Å². The monoisotopic (exact) mass is 439 g/mol. The Kier molecular flexibility index (Phi) is 7.08. The summed E-state index contributed by atoms with van der Waals surface area (Å²) < 4.78 is 16.3. The van der Waals surface area contributed by atoms with E-state index < -0.39 is 17.7 Å². The predicted octanol–water partition coefficient (Wildman–Crippen LogP) is 4.62. The van der Waals surface area contributed by atoms with E-state index in [-0.39, 0.29) is 23.7 Å². The number of ether oxygens (including phenoxy) is 3. The molecule has 2 aromatic rings. The lowest BCUT2D eigenvalue weighted by Crippen LogP contribution is -2.31. The summed E-state index contributed by atoms with van der Waals surface area (Å²) in [6.07, 6.45) is 0.212. The van der Waals surface area contributed by atoms with E-state index in [1.807, 2.05) is 20.8 Å². The lowest BCUT2D eigenvalue weighted by molar-refractivity contribution is -0.118. The van der Waals surface area contributed by atoms with E-state index in [1.54, 1.807) is 42.5 Å². The highest BCUT2D eigenvalue weighted by Gasteiger charge is 2.44. The summed E-state index contributed by atoms with van der Waals surface area (Å²) in [7, 11) is 3.05. The van der Waals surface area contributed by atoms with Crippen LogP contribution in [0.1, 0.15) is 38.8 Å². The largest absolute Gasteiger partial charge is 0.503 e. The van der Waals surface area contributed by atoms with Crippen molar-refractivity contribution >= 4 is 17.4 Å². The van der Waals surface area contributed by atoms with Gasteiger partial charge in [-0.05, 0) is 42.7 Å². The summed E-state index contributed by atoms with van der Waals surface area (Å²) in [5, 5.41) is 10.8. The number of methoxy groups -OCH3 is 2. The first kappa shape index (κ1) is 23.2. The molecule has 1 heterocycles. The van der Waals surface area contributed by atoms with Crippen molar-refractivity contribution in [3.63, 3.8) is 0 Å². The average molecular weight is 440 g/mol. The maximum atomic E-state index is 13.2. The van der Waals surface area contributed by atoms with Gasteiger partial charge in [-0.15, -0.1) is 0 Å². The van der Waals surface area contributed by atoms with Gasteiger partial charge >= 0.3 is 0 Å². The molecule has 170 valence electrons. The van der Waals surface area contributed by atoms with Crippen LogP contribution in [0.4, 0.5) is 5.69 Å². The van der Waals surface area contributed by atoms with Crippen LogP contribution >= 0.6 is 0 Å².